The molecule has 1 aliphatic heterocycles. The number of nitrogens with zero attached hydrogens (tertiary/aromatic N) is 1. The van der Waals surface area contributed by atoms with Gasteiger partial charge in [-0.2, -0.15) is 0 Å². The Kier molecular flexibility index (Phi) is 7.08. The molecule has 7 nitrogen and oxygen atoms in total. The van der Waals surface area contributed by atoms with Gasteiger partial charge in [0, 0.05) is 10.0 Å². The number of imide groups is 2. The monoisotopic (exact) mass is 520 g/mol. The molecule has 1 heterocycles. The zero-order valence-corrected chi connectivity index (χ0v) is 19.9. The SMILES string of the molecule is Cc1cccc(N2C(=O)NC(=O)C(=Cc3cc(Br)ccc3OCCOc3ccccc3)C2=O)c1. The fourth-order valence-corrected chi connectivity index (χ4v) is 3.78. The van der Waals surface area contributed by atoms with Crippen LogP contribution in [0.1, 0.15) is 11.1 Å². The first-order chi connectivity index (χ1) is 16.4. The van der Waals surface area contributed by atoms with Crippen molar-refractivity contribution in [1.82, 2.24) is 5.32 Å². The van der Waals surface area contributed by atoms with Crippen LogP contribution < -0.4 is 19.7 Å². The minimum absolute atomic E-state index is 0.176. The Hall–Kier alpha value is -3.91. The smallest absolute Gasteiger partial charge is 0.335 e. The van der Waals surface area contributed by atoms with E-state index in [1.165, 1.54) is 6.08 Å². The molecule has 0 spiro atoms. The van der Waals surface area contributed by atoms with Gasteiger partial charge in [-0.25, -0.2) is 9.69 Å². The summed E-state index contributed by atoms with van der Waals surface area (Å²) in [5.74, 6) is -0.281. The second-order valence-electron chi connectivity index (χ2n) is 7.49. The number of nitrogens with one attached hydrogen (secondary N) is 1. The van der Waals surface area contributed by atoms with Crippen LogP contribution >= 0.6 is 15.9 Å². The van der Waals surface area contributed by atoms with E-state index in [1.807, 2.05) is 43.3 Å². The number of barbiturate groups is 1. The van der Waals surface area contributed by atoms with Crippen molar-refractivity contribution in [2.45, 2.75) is 6.92 Å². The number of hydrogen-bond acceptors (Lipinski definition) is 5. The van der Waals surface area contributed by atoms with Crippen molar-refractivity contribution in [1.29, 1.82) is 0 Å². The van der Waals surface area contributed by atoms with Gasteiger partial charge in [-0.1, -0.05) is 46.3 Å². The summed E-state index contributed by atoms with van der Waals surface area (Å²) in [5, 5.41) is 2.24. The Morgan fingerprint density at radius 2 is 1.68 bits per heavy atom. The molecule has 4 rings (SSSR count). The lowest BCUT2D eigenvalue weighted by molar-refractivity contribution is -0.122. The summed E-state index contributed by atoms with van der Waals surface area (Å²) in [6, 6.07) is 20.8. The Labute approximate surface area is 205 Å². The molecular weight excluding hydrogens is 500 g/mol. The first-order valence-corrected chi connectivity index (χ1v) is 11.3. The van der Waals surface area contributed by atoms with Crippen LogP contribution in [0.2, 0.25) is 0 Å². The minimum Gasteiger partial charge on any atom is -0.490 e. The Bertz CT molecular complexity index is 1270. The number of halogens is 1. The molecule has 1 N–H and O–H groups in total. The van der Waals surface area contributed by atoms with E-state index < -0.39 is 17.8 Å². The van der Waals surface area contributed by atoms with E-state index in [0.29, 0.717) is 23.6 Å². The number of carbonyl (C=O) groups excluding carboxylic acids is 3. The molecule has 34 heavy (non-hydrogen) atoms. The summed E-state index contributed by atoms with van der Waals surface area (Å²) in [4.78, 5) is 39.1. The normalized spacial score (nSPS) is 14.8. The van der Waals surface area contributed by atoms with Gasteiger partial charge in [0.05, 0.1) is 5.69 Å². The summed E-state index contributed by atoms with van der Waals surface area (Å²) in [7, 11) is 0. The summed E-state index contributed by atoms with van der Waals surface area (Å²) in [6.07, 6.45) is 1.42. The maximum atomic E-state index is 13.2. The molecule has 4 amide bonds. The van der Waals surface area contributed by atoms with E-state index in [-0.39, 0.29) is 12.2 Å². The van der Waals surface area contributed by atoms with Crippen molar-refractivity contribution in [2.24, 2.45) is 0 Å². The van der Waals surface area contributed by atoms with Crippen molar-refractivity contribution in [3.8, 4) is 11.5 Å². The lowest BCUT2D eigenvalue weighted by Gasteiger charge is -2.26. The molecule has 0 atom stereocenters. The molecule has 0 aliphatic carbocycles. The van der Waals surface area contributed by atoms with Crippen molar-refractivity contribution in [3.05, 3.63) is 94.0 Å². The molecule has 0 saturated carbocycles. The van der Waals surface area contributed by atoms with E-state index in [1.54, 1.807) is 36.4 Å². The van der Waals surface area contributed by atoms with Gasteiger partial charge in [0.15, 0.2) is 0 Å². The lowest BCUT2D eigenvalue weighted by Crippen LogP contribution is -2.54. The van der Waals surface area contributed by atoms with Crippen LogP contribution in [0.25, 0.3) is 6.08 Å². The molecule has 3 aromatic rings. The highest BCUT2D eigenvalue weighted by molar-refractivity contribution is 9.10. The number of benzene rings is 3. The lowest BCUT2D eigenvalue weighted by atomic mass is 10.1. The van der Waals surface area contributed by atoms with Gasteiger partial charge >= 0.3 is 6.03 Å². The highest BCUT2D eigenvalue weighted by Crippen LogP contribution is 2.28. The number of anilines is 1. The predicted molar refractivity (Wildman–Crippen MR) is 132 cm³/mol. The zero-order chi connectivity index (χ0) is 24.1. The molecule has 172 valence electrons. The maximum absolute atomic E-state index is 13.2. The minimum atomic E-state index is -0.790. The third-order valence-corrected chi connectivity index (χ3v) is 5.48. The highest BCUT2D eigenvalue weighted by atomic mass is 79.9. The van der Waals surface area contributed by atoms with Crippen LogP contribution in [-0.2, 0) is 9.59 Å². The Morgan fingerprint density at radius 3 is 2.44 bits per heavy atom. The summed E-state index contributed by atoms with van der Waals surface area (Å²) < 4.78 is 12.2. The fraction of sp³-hybridized carbons (Fsp3) is 0.115. The number of ether oxygens (including phenoxy) is 2. The Morgan fingerprint density at radius 1 is 0.912 bits per heavy atom. The number of carbonyl (C=O) groups is 3. The second kappa shape index (κ2) is 10.4. The molecule has 0 unspecified atom stereocenters. The molecule has 0 aromatic heterocycles. The molecule has 1 aliphatic rings. The van der Waals surface area contributed by atoms with Crippen LogP contribution in [0, 0.1) is 6.92 Å². The molecule has 0 bridgehead atoms. The van der Waals surface area contributed by atoms with Crippen molar-refractivity contribution in [3.63, 3.8) is 0 Å². The van der Waals surface area contributed by atoms with Crippen LogP contribution in [0.4, 0.5) is 10.5 Å². The molecule has 1 saturated heterocycles. The largest absolute Gasteiger partial charge is 0.490 e. The van der Waals surface area contributed by atoms with Gasteiger partial charge in [-0.05, 0) is 61.0 Å². The second-order valence-corrected chi connectivity index (χ2v) is 8.40. The molecule has 1 fully saturated rings. The molecule has 8 heteroatoms. The quantitative estimate of drug-likeness (QED) is 0.272. The average Bonchev–Trinajstić information content (AvgIpc) is 2.81. The summed E-state index contributed by atoms with van der Waals surface area (Å²) in [5.41, 5.74) is 1.58. The van der Waals surface area contributed by atoms with Crippen LogP contribution in [-0.4, -0.2) is 31.1 Å². The van der Waals surface area contributed by atoms with Crippen LogP contribution in [0.3, 0.4) is 0 Å². The topological polar surface area (TPSA) is 84.9 Å². The van der Waals surface area contributed by atoms with E-state index in [9.17, 15) is 14.4 Å². The van der Waals surface area contributed by atoms with Gasteiger partial charge in [-0.15, -0.1) is 0 Å². The summed E-state index contributed by atoms with van der Waals surface area (Å²) >= 11 is 3.41. The summed E-state index contributed by atoms with van der Waals surface area (Å²) in [6.45, 7) is 2.41. The maximum Gasteiger partial charge on any atom is 0.335 e. The average molecular weight is 521 g/mol. The van der Waals surface area contributed by atoms with E-state index in [0.717, 1.165) is 20.7 Å². The first-order valence-electron chi connectivity index (χ1n) is 10.5. The predicted octanol–water partition coefficient (Wildman–Crippen LogP) is 4.88. The molecule has 3 aromatic carbocycles. The first kappa shape index (κ1) is 23.3. The van der Waals surface area contributed by atoms with Gasteiger partial charge in [0.2, 0.25) is 0 Å². The van der Waals surface area contributed by atoms with Crippen molar-refractivity contribution >= 4 is 45.5 Å². The molecular formula is C26H21BrN2O5. The third-order valence-electron chi connectivity index (χ3n) is 4.99. The van der Waals surface area contributed by atoms with E-state index >= 15 is 0 Å². The van der Waals surface area contributed by atoms with Crippen LogP contribution in [0.5, 0.6) is 11.5 Å². The van der Waals surface area contributed by atoms with Gasteiger partial charge < -0.3 is 9.47 Å². The standard InChI is InChI=1S/C26H21BrN2O5/c1-17-6-5-7-20(14-17)29-25(31)22(24(30)28-26(29)32)16-18-15-19(27)10-11-23(18)34-13-12-33-21-8-3-2-4-9-21/h2-11,14-16H,12-13H2,1H3,(H,28,30,32). The number of hydrogen-bond donors (Lipinski definition) is 1. The van der Waals surface area contributed by atoms with Crippen molar-refractivity contribution < 1.29 is 23.9 Å². The number of urea groups is 1. The van der Waals surface area contributed by atoms with Crippen LogP contribution in [0.15, 0.2) is 82.8 Å². The van der Waals surface area contributed by atoms with Crippen molar-refractivity contribution in [2.75, 3.05) is 18.1 Å². The number of para-hydroxylation sites is 1. The Balaban J connectivity index is 1.56. The van der Waals surface area contributed by atoms with Gasteiger partial charge in [0.1, 0.15) is 30.3 Å². The third kappa shape index (κ3) is 5.35. The van der Waals surface area contributed by atoms with Gasteiger partial charge in [0.25, 0.3) is 11.8 Å². The molecule has 0 radical (unpaired) electrons. The number of aryl methyl sites for hydroxylation is 1. The zero-order valence-electron chi connectivity index (χ0n) is 18.3. The highest BCUT2D eigenvalue weighted by Gasteiger charge is 2.37. The van der Waals surface area contributed by atoms with E-state index in [2.05, 4.69) is 21.2 Å². The number of amides is 4. The van der Waals surface area contributed by atoms with E-state index in [4.69, 9.17) is 9.47 Å². The number of rotatable bonds is 7. The van der Waals surface area contributed by atoms with Gasteiger partial charge in [-0.3, -0.25) is 14.9 Å². The fourth-order valence-electron chi connectivity index (χ4n) is 3.41.